The molecule has 1 aliphatic carbocycles. The van der Waals surface area contributed by atoms with Crippen LogP contribution in [0.25, 0.3) is 10.9 Å². The second kappa shape index (κ2) is 14.2. The van der Waals surface area contributed by atoms with Crippen LogP contribution in [0.3, 0.4) is 0 Å². The Morgan fingerprint density at radius 1 is 1.12 bits per heavy atom. The van der Waals surface area contributed by atoms with E-state index in [9.17, 15) is 18.0 Å². The van der Waals surface area contributed by atoms with Crippen LogP contribution >= 0.6 is 0 Å². The minimum atomic E-state index is -4.35. The predicted octanol–water partition coefficient (Wildman–Crippen LogP) is 6.78. The molecule has 182 valence electrons. The first-order chi connectivity index (χ1) is 15.9. The lowest BCUT2D eigenvalue weighted by atomic mass is 9.88. The van der Waals surface area contributed by atoms with Gasteiger partial charge in [0.1, 0.15) is 12.4 Å². The highest BCUT2D eigenvalue weighted by Gasteiger charge is 2.29. The molecule has 0 saturated heterocycles. The third kappa shape index (κ3) is 8.81. The number of aromatic nitrogens is 1. The molecule has 1 aromatic heterocycles. The molecule has 33 heavy (non-hydrogen) atoms. The van der Waals surface area contributed by atoms with Crippen LogP contribution in [-0.2, 0) is 17.6 Å². The Hall–Kier alpha value is -3.00. The Kier molecular flexibility index (Phi) is 12.1. The maximum absolute atomic E-state index is 12.5. The number of fused-ring (bicyclic) bond motifs is 1. The van der Waals surface area contributed by atoms with Crippen LogP contribution in [0.4, 0.5) is 18.9 Å². The van der Waals surface area contributed by atoms with Crippen LogP contribution in [-0.4, -0.2) is 23.6 Å². The summed E-state index contributed by atoms with van der Waals surface area (Å²) in [6.45, 7) is 6.45. The zero-order valence-electron chi connectivity index (χ0n) is 19.5. The quantitative estimate of drug-likeness (QED) is 0.363. The molecule has 1 amide bonds. The van der Waals surface area contributed by atoms with Crippen molar-refractivity contribution in [2.24, 2.45) is 5.92 Å². The molecule has 1 aliphatic rings. The van der Waals surface area contributed by atoms with E-state index < -0.39 is 11.7 Å². The monoisotopic (exact) mass is 466 g/mol. The number of amides is 1. The number of anilines is 1. The molecule has 1 fully saturated rings. The summed E-state index contributed by atoms with van der Waals surface area (Å²) >= 11 is 0. The van der Waals surface area contributed by atoms with E-state index in [1.54, 1.807) is 24.4 Å². The van der Waals surface area contributed by atoms with E-state index in [2.05, 4.69) is 17.2 Å². The normalized spacial score (nSPS) is 12.6. The number of rotatable bonds is 5. The van der Waals surface area contributed by atoms with Crippen molar-refractivity contribution in [1.29, 1.82) is 0 Å². The molecule has 0 atom stereocenters. The van der Waals surface area contributed by atoms with Crippen LogP contribution in [0.5, 0.6) is 5.75 Å². The van der Waals surface area contributed by atoms with E-state index in [0.29, 0.717) is 23.4 Å². The van der Waals surface area contributed by atoms with Crippen molar-refractivity contribution >= 4 is 23.0 Å². The number of aliphatic hydroxyl groups excluding tert-OH is 1. The summed E-state index contributed by atoms with van der Waals surface area (Å²) in [5.41, 5.74) is 1.40. The number of hydrogen-bond acceptors (Lipinski definition) is 3. The van der Waals surface area contributed by atoms with Gasteiger partial charge < -0.3 is 20.1 Å². The van der Waals surface area contributed by atoms with Crippen LogP contribution < -0.4 is 10.1 Å². The molecule has 0 unspecified atom stereocenters. The Morgan fingerprint density at radius 3 is 2.21 bits per heavy atom. The highest BCUT2D eigenvalue weighted by molar-refractivity contribution is 5.97. The van der Waals surface area contributed by atoms with Gasteiger partial charge in [0, 0.05) is 24.2 Å². The number of ether oxygens (including phenoxy) is 1. The molecule has 8 heteroatoms. The minimum Gasteiger partial charge on any atom is -0.489 e. The van der Waals surface area contributed by atoms with Gasteiger partial charge in [0.25, 0.3) is 0 Å². The minimum absolute atomic E-state index is 0.143. The fourth-order valence-corrected chi connectivity index (χ4v) is 2.94. The molecule has 1 saturated carbocycles. The molecule has 1 heterocycles. The van der Waals surface area contributed by atoms with E-state index in [1.165, 1.54) is 31.4 Å². The standard InChI is InChI=1S/C17H13F3N2O2.C5H10.C2H6.CH4O/c18-17(19,20)12-3-1-11(2-4-12)9-24-13-5-6-15-14(7-13)16(8-21-15)22-10-23;1-5-3-2-4-5;2*1-2/h1-8,10,21H,9H2,(H,22,23);5H,2-4H2,1H3;1-2H3;2H,1H3. The third-order valence-electron chi connectivity index (χ3n) is 4.95. The number of H-pyrrole nitrogens is 1. The number of halogens is 3. The fourth-order valence-electron chi connectivity index (χ4n) is 2.94. The average Bonchev–Trinajstić information content (AvgIpc) is 3.21. The molecule has 0 aliphatic heterocycles. The Labute approximate surface area is 193 Å². The molecule has 4 rings (SSSR count). The number of aromatic amines is 1. The van der Waals surface area contributed by atoms with Crippen molar-refractivity contribution in [3.8, 4) is 5.75 Å². The molecule has 0 bridgehead atoms. The van der Waals surface area contributed by atoms with Gasteiger partial charge in [0.05, 0.1) is 11.3 Å². The van der Waals surface area contributed by atoms with Crippen LogP contribution in [0.1, 0.15) is 51.2 Å². The maximum atomic E-state index is 12.5. The number of hydrogen-bond donors (Lipinski definition) is 3. The first-order valence-corrected chi connectivity index (χ1v) is 10.9. The van der Waals surface area contributed by atoms with Crippen molar-refractivity contribution in [2.75, 3.05) is 12.4 Å². The van der Waals surface area contributed by atoms with E-state index in [4.69, 9.17) is 9.84 Å². The summed E-state index contributed by atoms with van der Waals surface area (Å²) in [4.78, 5) is 13.6. The average molecular weight is 467 g/mol. The number of carbonyl (C=O) groups is 1. The van der Waals surface area contributed by atoms with E-state index in [-0.39, 0.29) is 6.61 Å². The summed E-state index contributed by atoms with van der Waals surface area (Å²) in [6.07, 6.45) is 2.36. The molecule has 5 nitrogen and oxygen atoms in total. The van der Waals surface area contributed by atoms with Gasteiger partial charge in [-0.2, -0.15) is 13.2 Å². The molecule has 0 radical (unpaired) electrons. The summed E-state index contributed by atoms with van der Waals surface area (Å²) in [5, 5.41) is 10.4. The first-order valence-electron chi connectivity index (χ1n) is 10.9. The lowest BCUT2D eigenvalue weighted by molar-refractivity contribution is -0.137. The maximum Gasteiger partial charge on any atom is 0.416 e. The summed E-state index contributed by atoms with van der Waals surface area (Å²) < 4.78 is 43.2. The van der Waals surface area contributed by atoms with E-state index in [1.807, 2.05) is 13.8 Å². The second-order valence-corrected chi connectivity index (χ2v) is 7.19. The van der Waals surface area contributed by atoms with Gasteiger partial charge in [-0.25, -0.2) is 0 Å². The summed E-state index contributed by atoms with van der Waals surface area (Å²) in [6, 6.07) is 10.1. The Balaban J connectivity index is 0.000000517. The highest BCUT2D eigenvalue weighted by atomic mass is 19.4. The molecule has 3 N–H and O–H groups in total. The van der Waals surface area contributed by atoms with E-state index in [0.717, 1.165) is 36.1 Å². The van der Waals surface area contributed by atoms with Gasteiger partial charge >= 0.3 is 6.18 Å². The number of aliphatic hydroxyl groups is 1. The van der Waals surface area contributed by atoms with Crippen molar-refractivity contribution in [1.82, 2.24) is 4.98 Å². The smallest absolute Gasteiger partial charge is 0.416 e. The highest BCUT2D eigenvalue weighted by Crippen LogP contribution is 2.30. The SMILES string of the molecule is CC.CC1CCC1.CO.O=CNc1c[nH]c2ccc(OCc3ccc(C(F)(F)F)cc3)cc12. The van der Waals surface area contributed by atoms with Gasteiger partial charge in [0.2, 0.25) is 6.41 Å². The second-order valence-electron chi connectivity index (χ2n) is 7.19. The van der Waals surface area contributed by atoms with Gasteiger partial charge in [-0.1, -0.05) is 52.2 Å². The molecule has 2 aromatic carbocycles. The first kappa shape index (κ1) is 28.0. The van der Waals surface area contributed by atoms with Crippen molar-refractivity contribution < 1.29 is 27.8 Å². The van der Waals surface area contributed by atoms with Crippen molar-refractivity contribution in [2.45, 2.75) is 52.8 Å². The number of benzene rings is 2. The summed E-state index contributed by atoms with van der Waals surface area (Å²) in [5.74, 6) is 1.62. The third-order valence-corrected chi connectivity index (χ3v) is 4.95. The zero-order valence-corrected chi connectivity index (χ0v) is 19.5. The van der Waals surface area contributed by atoms with Gasteiger partial charge in [-0.15, -0.1) is 0 Å². The van der Waals surface area contributed by atoms with Crippen molar-refractivity contribution in [3.05, 3.63) is 59.8 Å². The predicted molar refractivity (Wildman–Crippen MR) is 126 cm³/mol. The zero-order chi connectivity index (χ0) is 24.9. The lowest BCUT2D eigenvalue weighted by Crippen LogP contribution is -2.05. The van der Waals surface area contributed by atoms with Crippen LogP contribution in [0, 0.1) is 5.92 Å². The Bertz CT molecular complexity index is 950. The fraction of sp³-hybridized carbons (Fsp3) is 0.400. The number of alkyl halides is 3. The van der Waals surface area contributed by atoms with E-state index >= 15 is 0 Å². The van der Waals surface area contributed by atoms with Gasteiger partial charge in [-0.05, 0) is 41.8 Å². The molecular weight excluding hydrogens is 433 g/mol. The molecule has 3 aromatic rings. The van der Waals surface area contributed by atoms with Crippen LogP contribution in [0.2, 0.25) is 0 Å². The topological polar surface area (TPSA) is 74.4 Å². The lowest BCUT2D eigenvalue weighted by Gasteiger charge is -2.18. The van der Waals surface area contributed by atoms with Crippen molar-refractivity contribution in [3.63, 3.8) is 0 Å². The van der Waals surface area contributed by atoms with Gasteiger partial charge in [-0.3, -0.25) is 4.79 Å². The van der Waals surface area contributed by atoms with Crippen LogP contribution in [0.15, 0.2) is 48.7 Å². The van der Waals surface area contributed by atoms with Gasteiger partial charge in [0.15, 0.2) is 0 Å². The summed E-state index contributed by atoms with van der Waals surface area (Å²) in [7, 11) is 1.00. The molecule has 0 spiro atoms. The number of carbonyl (C=O) groups excluding carboxylic acids is 1. The largest absolute Gasteiger partial charge is 0.489 e. The Morgan fingerprint density at radius 2 is 1.73 bits per heavy atom. The number of nitrogens with one attached hydrogen (secondary N) is 2. The molecular formula is C25H33F3N2O3.